The molecule has 8 unspecified atom stereocenters. The molecule has 0 saturated carbocycles. The van der Waals surface area contributed by atoms with Crippen LogP contribution < -0.4 is 5.32 Å². The largest absolute Gasteiger partial charge is 0.393 e. The molecule has 5 N–H and O–H groups in total. The minimum Gasteiger partial charge on any atom is -0.393 e. The van der Waals surface area contributed by atoms with E-state index in [0.717, 1.165) is 19.8 Å². The number of aliphatic hydroxyl groups is 4. The predicted octanol–water partition coefficient (Wildman–Crippen LogP) is 1.08. The number of amides is 1. The van der Waals surface area contributed by atoms with E-state index in [1.165, 1.54) is 6.92 Å². The number of rotatable bonds is 15. The van der Waals surface area contributed by atoms with Gasteiger partial charge in [0.2, 0.25) is 5.91 Å². The third-order valence-electron chi connectivity index (χ3n) is 5.88. The quantitative estimate of drug-likeness (QED) is 0.254. The lowest BCUT2D eigenvalue weighted by Crippen LogP contribution is -2.45. The first-order chi connectivity index (χ1) is 14.2. The Labute approximate surface area is 186 Å². The van der Waals surface area contributed by atoms with Crippen molar-refractivity contribution in [2.24, 2.45) is 29.6 Å². The predicted molar refractivity (Wildman–Crippen MR) is 118 cm³/mol. The van der Waals surface area contributed by atoms with E-state index in [1.807, 2.05) is 6.92 Å². The van der Waals surface area contributed by atoms with Crippen molar-refractivity contribution in [3.05, 3.63) is 0 Å². The Morgan fingerprint density at radius 1 is 0.839 bits per heavy atom. The summed E-state index contributed by atoms with van der Waals surface area (Å²) in [5.41, 5.74) is 0. The van der Waals surface area contributed by atoms with Crippen LogP contribution in [0.4, 0.5) is 0 Å². The van der Waals surface area contributed by atoms with Crippen molar-refractivity contribution in [1.29, 1.82) is 0 Å². The standard InChI is InChI=1S/C23H43NO7/c1-12(2)8-13(3)9-14(4)20(28)15(5)23(31)24-11-18(27)10-19(16(6)25)22(30)21(29)17(7)26/h12-16,19-22,25,28-30H,8-11H2,1-7H3,(H,24,31). The Morgan fingerprint density at radius 2 is 1.39 bits per heavy atom. The summed E-state index contributed by atoms with van der Waals surface area (Å²) >= 11 is 0. The van der Waals surface area contributed by atoms with Crippen LogP contribution in [-0.4, -0.2) is 68.9 Å². The van der Waals surface area contributed by atoms with Crippen LogP contribution in [0.3, 0.4) is 0 Å². The highest BCUT2D eigenvalue weighted by molar-refractivity contribution is 5.87. The highest BCUT2D eigenvalue weighted by atomic mass is 16.3. The first-order valence-electron chi connectivity index (χ1n) is 11.2. The maximum absolute atomic E-state index is 12.4. The van der Waals surface area contributed by atoms with E-state index < -0.39 is 53.7 Å². The molecule has 31 heavy (non-hydrogen) atoms. The van der Waals surface area contributed by atoms with Gasteiger partial charge in [0.1, 0.15) is 6.10 Å². The highest BCUT2D eigenvalue weighted by Gasteiger charge is 2.34. The fraction of sp³-hybridized carbons (Fsp3) is 0.870. The van der Waals surface area contributed by atoms with Crippen LogP contribution in [0.15, 0.2) is 0 Å². The van der Waals surface area contributed by atoms with Crippen molar-refractivity contribution < 1.29 is 34.8 Å². The molecule has 0 rings (SSSR count). The number of aliphatic hydroxyl groups excluding tert-OH is 4. The summed E-state index contributed by atoms with van der Waals surface area (Å²) in [6, 6.07) is 0. The molecule has 0 fully saturated rings. The fourth-order valence-corrected chi connectivity index (χ4v) is 4.06. The van der Waals surface area contributed by atoms with Gasteiger partial charge >= 0.3 is 0 Å². The molecule has 0 bridgehead atoms. The van der Waals surface area contributed by atoms with Crippen LogP contribution in [0.25, 0.3) is 0 Å². The molecule has 8 nitrogen and oxygen atoms in total. The van der Waals surface area contributed by atoms with Crippen molar-refractivity contribution in [3.63, 3.8) is 0 Å². The number of Topliss-reactive ketones (excluding diaryl/α,β-unsaturated/α-hetero) is 2. The molecular formula is C23H43NO7. The van der Waals surface area contributed by atoms with Crippen LogP contribution in [0.5, 0.6) is 0 Å². The molecule has 0 aliphatic carbocycles. The van der Waals surface area contributed by atoms with Gasteiger partial charge in [-0.2, -0.15) is 0 Å². The van der Waals surface area contributed by atoms with E-state index >= 15 is 0 Å². The molecule has 0 aliphatic rings. The van der Waals surface area contributed by atoms with Crippen LogP contribution in [0.2, 0.25) is 0 Å². The number of carbonyl (C=O) groups is 3. The Kier molecular flexibility index (Phi) is 13.3. The lowest BCUT2D eigenvalue weighted by Gasteiger charge is -2.28. The normalized spacial score (nSPS) is 19.6. The van der Waals surface area contributed by atoms with Gasteiger partial charge in [-0.25, -0.2) is 0 Å². The molecule has 0 radical (unpaired) electrons. The first kappa shape index (κ1) is 29.7. The molecule has 8 heteroatoms. The van der Waals surface area contributed by atoms with E-state index in [1.54, 1.807) is 6.92 Å². The highest BCUT2D eigenvalue weighted by Crippen LogP contribution is 2.25. The number of carbonyl (C=O) groups excluding carboxylic acids is 3. The van der Waals surface area contributed by atoms with Gasteiger partial charge in [0, 0.05) is 12.3 Å². The fourth-order valence-electron chi connectivity index (χ4n) is 4.06. The van der Waals surface area contributed by atoms with Crippen LogP contribution in [0, 0.1) is 29.6 Å². The van der Waals surface area contributed by atoms with Gasteiger partial charge < -0.3 is 25.7 Å². The van der Waals surface area contributed by atoms with E-state index in [0.29, 0.717) is 11.8 Å². The molecule has 0 aromatic carbocycles. The van der Waals surface area contributed by atoms with Gasteiger partial charge in [0.05, 0.1) is 30.8 Å². The first-order valence-corrected chi connectivity index (χ1v) is 11.2. The zero-order chi connectivity index (χ0) is 24.5. The van der Waals surface area contributed by atoms with Gasteiger partial charge in [0.15, 0.2) is 11.6 Å². The van der Waals surface area contributed by atoms with Crippen molar-refractivity contribution in [2.75, 3.05) is 6.54 Å². The summed E-state index contributed by atoms with van der Waals surface area (Å²) in [5, 5.41) is 42.7. The SMILES string of the molecule is CC(=O)C(O)C(O)C(CC(=O)CNC(=O)C(C)C(O)C(C)CC(C)CC(C)C)C(C)O. The van der Waals surface area contributed by atoms with Crippen LogP contribution in [0.1, 0.15) is 67.7 Å². The summed E-state index contributed by atoms with van der Waals surface area (Å²) in [6.45, 7) is 12.1. The molecule has 0 spiro atoms. The zero-order valence-electron chi connectivity index (χ0n) is 20.0. The number of ketones is 2. The topological polar surface area (TPSA) is 144 Å². The number of hydrogen-bond donors (Lipinski definition) is 5. The van der Waals surface area contributed by atoms with Gasteiger partial charge in [0.25, 0.3) is 0 Å². The zero-order valence-corrected chi connectivity index (χ0v) is 20.0. The second kappa shape index (κ2) is 13.9. The van der Waals surface area contributed by atoms with Crippen LogP contribution >= 0.6 is 0 Å². The summed E-state index contributed by atoms with van der Waals surface area (Å²) in [6.07, 6.45) is -3.75. The molecule has 0 aliphatic heterocycles. The Hall–Kier alpha value is -1.35. The third kappa shape index (κ3) is 10.7. The summed E-state index contributed by atoms with van der Waals surface area (Å²) in [5.74, 6) is -2.43. The van der Waals surface area contributed by atoms with Crippen molar-refractivity contribution in [1.82, 2.24) is 5.32 Å². The van der Waals surface area contributed by atoms with E-state index in [4.69, 9.17) is 0 Å². The minimum atomic E-state index is -1.70. The molecule has 0 saturated heterocycles. The summed E-state index contributed by atoms with van der Waals surface area (Å²) < 4.78 is 0. The monoisotopic (exact) mass is 445 g/mol. The third-order valence-corrected chi connectivity index (χ3v) is 5.88. The van der Waals surface area contributed by atoms with E-state index in [-0.39, 0.29) is 18.9 Å². The van der Waals surface area contributed by atoms with Crippen molar-refractivity contribution in [2.45, 2.75) is 92.1 Å². The average molecular weight is 446 g/mol. The summed E-state index contributed by atoms with van der Waals surface area (Å²) in [4.78, 5) is 35.9. The Bertz CT molecular complexity index is 578. The molecule has 0 heterocycles. The lowest BCUT2D eigenvalue weighted by atomic mass is 9.83. The van der Waals surface area contributed by atoms with E-state index in [9.17, 15) is 34.8 Å². The van der Waals surface area contributed by atoms with Gasteiger partial charge in [-0.05, 0) is 44.4 Å². The smallest absolute Gasteiger partial charge is 0.225 e. The molecule has 0 aromatic heterocycles. The molecule has 0 aromatic rings. The van der Waals surface area contributed by atoms with Gasteiger partial charge in [-0.15, -0.1) is 0 Å². The Balaban J connectivity index is 4.74. The lowest BCUT2D eigenvalue weighted by molar-refractivity contribution is -0.138. The maximum Gasteiger partial charge on any atom is 0.225 e. The van der Waals surface area contributed by atoms with Crippen molar-refractivity contribution in [3.8, 4) is 0 Å². The molecule has 1 amide bonds. The minimum absolute atomic E-state index is 0.0759. The van der Waals surface area contributed by atoms with Gasteiger partial charge in [-0.1, -0.05) is 34.6 Å². The van der Waals surface area contributed by atoms with Gasteiger partial charge in [-0.3, -0.25) is 14.4 Å². The Morgan fingerprint density at radius 3 is 1.84 bits per heavy atom. The molecule has 8 atom stereocenters. The molecular weight excluding hydrogens is 402 g/mol. The second-order valence-corrected chi connectivity index (χ2v) is 9.64. The van der Waals surface area contributed by atoms with E-state index in [2.05, 4.69) is 26.1 Å². The number of nitrogens with one attached hydrogen (secondary N) is 1. The summed E-state index contributed by atoms with van der Waals surface area (Å²) in [7, 11) is 0. The average Bonchev–Trinajstić information content (AvgIpc) is 2.66. The maximum atomic E-state index is 12.4. The number of hydrogen-bond acceptors (Lipinski definition) is 7. The van der Waals surface area contributed by atoms with Crippen molar-refractivity contribution >= 4 is 17.5 Å². The van der Waals surface area contributed by atoms with Crippen LogP contribution in [-0.2, 0) is 14.4 Å². The second-order valence-electron chi connectivity index (χ2n) is 9.64. The molecule has 182 valence electrons.